The number of morpholine rings is 1. The normalized spacial score (nSPS) is 16.6. The van der Waals surface area contributed by atoms with Gasteiger partial charge in [0.2, 0.25) is 0 Å². The summed E-state index contributed by atoms with van der Waals surface area (Å²) in [7, 11) is 0. The van der Waals surface area contributed by atoms with Crippen LogP contribution in [0.15, 0.2) is 42.6 Å². The molecule has 3 rings (SSSR count). The Balaban J connectivity index is 1.43. The van der Waals surface area contributed by atoms with Gasteiger partial charge < -0.3 is 25.0 Å². The zero-order valence-corrected chi connectivity index (χ0v) is 17.4. The first-order valence-corrected chi connectivity index (χ1v) is 10.1. The Hall–Kier alpha value is -2.80. The van der Waals surface area contributed by atoms with Gasteiger partial charge in [-0.1, -0.05) is 18.2 Å². The highest BCUT2D eigenvalue weighted by molar-refractivity contribution is 5.73. The Bertz CT molecular complexity index is 795. The fourth-order valence-corrected chi connectivity index (χ4v) is 3.16. The van der Waals surface area contributed by atoms with Crippen LogP contribution in [0.1, 0.15) is 31.9 Å². The number of amides is 2. The molecule has 0 aliphatic carbocycles. The number of rotatable bonds is 7. The molecule has 1 aliphatic rings. The van der Waals surface area contributed by atoms with Crippen molar-refractivity contribution in [1.82, 2.24) is 15.6 Å². The molecule has 0 bridgehead atoms. The number of urea groups is 1. The lowest BCUT2D eigenvalue weighted by Crippen LogP contribution is -2.41. The first-order chi connectivity index (χ1) is 14.0. The predicted molar refractivity (Wildman–Crippen MR) is 113 cm³/mol. The third kappa shape index (κ3) is 6.64. The quantitative estimate of drug-likeness (QED) is 0.750. The molecule has 156 valence electrons. The topological polar surface area (TPSA) is 75.7 Å². The molecule has 1 atom stereocenters. The third-order valence-corrected chi connectivity index (χ3v) is 4.55. The van der Waals surface area contributed by atoms with Crippen LogP contribution in [0.25, 0.3) is 0 Å². The van der Waals surface area contributed by atoms with Crippen molar-refractivity contribution in [2.45, 2.75) is 46.1 Å². The van der Waals surface area contributed by atoms with Crippen molar-refractivity contribution in [3.63, 3.8) is 0 Å². The molecule has 7 nitrogen and oxygen atoms in total. The number of ether oxygens (including phenoxy) is 2. The molecule has 2 N–H and O–H groups in total. The lowest BCUT2D eigenvalue weighted by molar-refractivity contribution is 0.0529. The minimum absolute atomic E-state index is 0.119. The minimum Gasteiger partial charge on any atom is -0.491 e. The van der Waals surface area contributed by atoms with Crippen LogP contribution < -0.4 is 20.3 Å². The molecule has 1 saturated heterocycles. The lowest BCUT2D eigenvalue weighted by Gasteiger charge is -2.32. The summed E-state index contributed by atoms with van der Waals surface area (Å²) < 4.78 is 11.2. The standard InChI is InChI=1S/C22H30N4O3/c1-16(2)29-20-6-4-5-18(11-20)12-24-22(27)25-14-19-7-8-21(23-13-19)26-9-10-28-17(3)15-26/h4-8,11,13,16-17H,9-10,12,14-15H2,1-3H3,(H2,24,25,27). The molecule has 1 unspecified atom stereocenters. The summed E-state index contributed by atoms with van der Waals surface area (Å²) in [6.07, 6.45) is 2.14. The zero-order valence-electron chi connectivity index (χ0n) is 17.4. The van der Waals surface area contributed by atoms with E-state index in [0.29, 0.717) is 13.1 Å². The second-order valence-electron chi connectivity index (χ2n) is 7.50. The largest absolute Gasteiger partial charge is 0.491 e. The molecule has 2 aromatic rings. The molecule has 0 radical (unpaired) electrons. The van der Waals surface area contributed by atoms with Gasteiger partial charge in [-0.2, -0.15) is 0 Å². The number of anilines is 1. The van der Waals surface area contributed by atoms with Crippen LogP contribution in [0.5, 0.6) is 5.75 Å². The summed E-state index contributed by atoms with van der Waals surface area (Å²) >= 11 is 0. The average molecular weight is 399 g/mol. The summed E-state index contributed by atoms with van der Waals surface area (Å²) in [6, 6.07) is 11.5. The number of nitrogens with one attached hydrogen (secondary N) is 2. The Labute approximate surface area is 172 Å². The maximum Gasteiger partial charge on any atom is 0.315 e. The van der Waals surface area contributed by atoms with Crippen molar-refractivity contribution in [1.29, 1.82) is 0 Å². The summed E-state index contributed by atoms with van der Waals surface area (Å²) in [4.78, 5) is 18.9. The number of carbonyl (C=O) groups is 1. The third-order valence-electron chi connectivity index (χ3n) is 4.55. The highest BCUT2D eigenvalue weighted by atomic mass is 16.5. The second kappa shape index (κ2) is 10.1. The molecular formula is C22H30N4O3. The van der Waals surface area contributed by atoms with Gasteiger partial charge in [0.15, 0.2) is 0 Å². The van der Waals surface area contributed by atoms with Gasteiger partial charge in [-0.15, -0.1) is 0 Å². The van der Waals surface area contributed by atoms with Crippen LogP contribution in [0, 0.1) is 0 Å². The molecular weight excluding hydrogens is 368 g/mol. The Morgan fingerprint density at radius 2 is 2.03 bits per heavy atom. The number of nitrogens with zero attached hydrogens (tertiary/aromatic N) is 2. The number of hydrogen-bond donors (Lipinski definition) is 2. The number of hydrogen-bond acceptors (Lipinski definition) is 5. The maximum absolute atomic E-state index is 12.1. The van der Waals surface area contributed by atoms with E-state index in [1.54, 1.807) is 0 Å². The van der Waals surface area contributed by atoms with E-state index in [1.807, 2.05) is 56.4 Å². The van der Waals surface area contributed by atoms with Gasteiger partial charge in [-0.3, -0.25) is 0 Å². The van der Waals surface area contributed by atoms with Gasteiger partial charge in [0, 0.05) is 32.4 Å². The number of pyridine rings is 1. The van der Waals surface area contributed by atoms with Gasteiger partial charge in [-0.25, -0.2) is 9.78 Å². The van der Waals surface area contributed by atoms with Gasteiger partial charge in [-0.05, 0) is 50.1 Å². The highest BCUT2D eigenvalue weighted by Crippen LogP contribution is 2.16. The van der Waals surface area contributed by atoms with Gasteiger partial charge >= 0.3 is 6.03 Å². The zero-order chi connectivity index (χ0) is 20.6. The van der Waals surface area contributed by atoms with Crippen molar-refractivity contribution >= 4 is 11.8 Å². The van der Waals surface area contributed by atoms with E-state index < -0.39 is 0 Å². The molecule has 1 aromatic heterocycles. The lowest BCUT2D eigenvalue weighted by atomic mass is 10.2. The van der Waals surface area contributed by atoms with E-state index in [9.17, 15) is 4.79 Å². The van der Waals surface area contributed by atoms with Gasteiger partial charge in [0.1, 0.15) is 11.6 Å². The van der Waals surface area contributed by atoms with E-state index in [2.05, 4.69) is 27.4 Å². The first-order valence-electron chi connectivity index (χ1n) is 10.1. The number of aromatic nitrogens is 1. The monoisotopic (exact) mass is 398 g/mol. The Morgan fingerprint density at radius 3 is 2.72 bits per heavy atom. The molecule has 1 aliphatic heterocycles. The van der Waals surface area contributed by atoms with Crippen LogP contribution in [-0.2, 0) is 17.8 Å². The van der Waals surface area contributed by atoms with Crippen molar-refractivity contribution in [3.8, 4) is 5.75 Å². The molecule has 2 heterocycles. The van der Waals surface area contributed by atoms with Crippen molar-refractivity contribution in [2.75, 3.05) is 24.6 Å². The molecule has 0 spiro atoms. The van der Waals surface area contributed by atoms with Crippen LogP contribution in [0.3, 0.4) is 0 Å². The van der Waals surface area contributed by atoms with Crippen molar-refractivity contribution in [3.05, 3.63) is 53.7 Å². The van der Waals surface area contributed by atoms with Gasteiger partial charge in [0.25, 0.3) is 0 Å². The van der Waals surface area contributed by atoms with E-state index in [0.717, 1.165) is 42.4 Å². The minimum atomic E-state index is -0.216. The molecule has 2 amide bonds. The smallest absolute Gasteiger partial charge is 0.315 e. The Kier molecular flexibility index (Phi) is 7.30. The molecule has 1 aromatic carbocycles. The molecule has 0 saturated carbocycles. The number of benzene rings is 1. The van der Waals surface area contributed by atoms with Crippen LogP contribution >= 0.6 is 0 Å². The summed E-state index contributed by atoms with van der Waals surface area (Å²) in [5.41, 5.74) is 1.95. The summed E-state index contributed by atoms with van der Waals surface area (Å²) in [5.74, 6) is 1.75. The summed E-state index contributed by atoms with van der Waals surface area (Å²) in [5, 5.41) is 5.74. The van der Waals surface area contributed by atoms with Crippen molar-refractivity contribution < 1.29 is 14.3 Å². The van der Waals surface area contributed by atoms with E-state index in [-0.39, 0.29) is 18.2 Å². The fraction of sp³-hybridized carbons (Fsp3) is 0.455. The van der Waals surface area contributed by atoms with Crippen molar-refractivity contribution in [2.24, 2.45) is 0 Å². The SMILES string of the molecule is CC(C)Oc1cccc(CNC(=O)NCc2ccc(N3CCOC(C)C3)nc2)c1. The van der Waals surface area contributed by atoms with E-state index >= 15 is 0 Å². The van der Waals surface area contributed by atoms with Crippen LogP contribution in [0.4, 0.5) is 10.6 Å². The molecule has 1 fully saturated rings. The van der Waals surface area contributed by atoms with E-state index in [1.165, 1.54) is 0 Å². The summed E-state index contributed by atoms with van der Waals surface area (Å²) in [6.45, 7) is 9.32. The predicted octanol–water partition coefficient (Wildman–Crippen LogP) is 3.09. The highest BCUT2D eigenvalue weighted by Gasteiger charge is 2.17. The van der Waals surface area contributed by atoms with Crippen LogP contribution in [-0.4, -0.2) is 42.9 Å². The van der Waals surface area contributed by atoms with Gasteiger partial charge in [0.05, 0.1) is 18.8 Å². The van der Waals surface area contributed by atoms with Crippen LogP contribution in [0.2, 0.25) is 0 Å². The first kappa shape index (κ1) is 20.9. The molecule has 7 heteroatoms. The molecule has 29 heavy (non-hydrogen) atoms. The average Bonchev–Trinajstić information content (AvgIpc) is 2.71. The maximum atomic E-state index is 12.1. The fourth-order valence-electron chi connectivity index (χ4n) is 3.16. The Morgan fingerprint density at radius 1 is 1.24 bits per heavy atom. The van der Waals surface area contributed by atoms with E-state index in [4.69, 9.17) is 9.47 Å². The number of carbonyl (C=O) groups excluding carboxylic acids is 1. The second-order valence-corrected chi connectivity index (χ2v) is 7.50.